The number of carbonyl (C=O) groups excluding carboxylic acids is 1. The van der Waals surface area contributed by atoms with Gasteiger partial charge in [0.2, 0.25) is 0 Å². The highest BCUT2D eigenvalue weighted by atomic mass is 35.5. The zero-order valence-corrected chi connectivity index (χ0v) is 18.2. The third-order valence-corrected chi connectivity index (χ3v) is 5.83. The van der Waals surface area contributed by atoms with Crippen LogP contribution in [0.1, 0.15) is 30.0 Å². The summed E-state index contributed by atoms with van der Waals surface area (Å²) in [5, 5.41) is 4.09. The molecule has 0 aliphatic heterocycles. The first-order valence-electron chi connectivity index (χ1n) is 8.94. The Bertz CT molecular complexity index is 783. The van der Waals surface area contributed by atoms with Gasteiger partial charge in [-0.3, -0.25) is 4.79 Å². The third kappa shape index (κ3) is 6.95. The second-order valence-corrected chi connectivity index (χ2v) is 8.30. The maximum atomic E-state index is 12.4. The molecule has 0 bridgehead atoms. The molecule has 0 heterocycles. The van der Waals surface area contributed by atoms with E-state index < -0.39 is 6.10 Å². The van der Waals surface area contributed by atoms with Gasteiger partial charge >= 0.3 is 0 Å². The molecule has 2 aromatic rings. The second kappa shape index (κ2) is 10.8. The van der Waals surface area contributed by atoms with Crippen molar-refractivity contribution in [3.8, 4) is 5.75 Å². The molecule has 2 aromatic carbocycles. The van der Waals surface area contributed by atoms with E-state index >= 15 is 0 Å². The van der Waals surface area contributed by atoms with Crippen molar-refractivity contribution in [2.24, 2.45) is 0 Å². The standard InChI is InChI=1S/C21H25Cl2NO2S/c1-4-19(26-20-8-5-14(2)11-15(20)3)21(25)24-9-10-27-13-16-6-7-17(22)18(23)12-16/h5-8,11-12,19H,4,9-10,13H2,1-3H3,(H,24,25). The van der Waals surface area contributed by atoms with Crippen LogP contribution in [-0.4, -0.2) is 24.3 Å². The van der Waals surface area contributed by atoms with Crippen LogP contribution < -0.4 is 10.1 Å². The van der Waals surface area contributed by atoms with E-state index in [0.717, 1.165) is 28.4 Å². The summed E-state index contributed by atoms with van der Waals surface area (Å²) in [5.41, 5.74) is 3.33. The fourth-order valence-electron chi connectivity index (χ4n) is 2.59. The van der Waals surface area contributed by atoms with E-state index in [-0.39, 0.29) is 5.91 Å². The molecule has 0 aliphatic carbocycles. The Morgan fingerprint density at radius 2 is 1.93 bits per heavy atom. The topological polar surface area (TPSA) is 38.3 Å². The minimum Gasteiger partial charge on any atom is -0.480 e. The Morgan fingerprint density at radius 1 is 1.15 bits per heavy atom. The molecule has 0 fully saturated rings. The molecule has 2 rings (SSSR count). The van der Waals surface area contributed by atoms with E-state index in [1.165, 1.54) is 5.56 Å². The summed E-state index contributed by atoms with van der Waals surface area (Å²) >= 11 is 13.7. The molecule has 6 heteroatoms. The smallest absolute Gasteiger partial charge is 0.261 e. The van der Waals surface area contributed by atoms with Crippen molar-refractivity contribution in [2.45, 2.75) is 39.0 Å². The van der Waals surface area contributed by atoms with E-state index in [2.05, 4.69) is 11.4 Å². The number of aryl methyl sites for hydroxylation is 2. The Morgan fingerprint density at radius 3 is 2.59 bits per heavy atom. The lowest BCUT2D eigenvalue weighted by Crippen LogP contribution is -2.39. The first-order chi connectivity index (χ1) is 12.9. The van der Waals surface area contributed by atoms with Crippen LogP contribution in [0.2, 0.25) is 10.0 Å². The van der Waals surface area contributed by atoms with Crippen molar-refractivity contribution in [3.05, 3.63) is 63.1 Å². The lowest BCUT2D eigenvalue weighted by Gasteiger charge is -2.19. The van der Waals surface area contributed by atoms with Crippen molar-refractivity contribution >= 4 is 40.9 Å². The molecule has 0 aliphatic rings. The molecule has 146 valence electrons. The summed E-state index contributed by atoms with van der Waals surface area (Å²) in [4.78, 5) is 12.4. The lowest BCUT2D eigenvalue weighted by molar-refractivity contribution is -0.128. The number of rotatable bonds is 9. The van der Waals surface area contributed by atoms with E-state index in [1.54, 1.807) is 17.8 Å². The van der Waals surface area contributed by atoms with Crippen molar-refractivity contribution in [1.29, 1.82) is 0 Å². The van der Waals surface area contributed by atoms with Crippen LogP contribution in [0.15, 0.2) is 36.4 Å². The summed E-state index contributed by atoms with van der Waals surface area (Å²) in [7, 11) is 0. The van der Waals surface area contributed by atoms with E-state index in [4.69, 9.17) is 27.9 Å². The van der Waals surface area contributed by atoms with Crippen molar-refractivity contribution in [3.63, 3.8) is 0 Å². The number of thioether (sulfide) groups is 1. The fourth-order valence-corrected chi connectivity index (χ4v) is 3.71. The Labute approximate surface area is 175 Å². The number of hydrogen-bond donors (Lipinski definition) is 1. The van der Waals surface area contributed by atoms with Crippen LogP contribution in [0.3, 0.4) is 0 Å². The Balaban J connectivity index is 1.75. The first-order valence-corrected chi connectivity index (χ1v) is 10.8. The van der Waals surface area contributed by atoms with Gasteiger partial charge in [0.1, 0.15) is 5.75 Å². The predicted molar refractivity (Wildman–Crippen MR) is 116 cm³/mol. The minimum absolute atomic E-state index is 0.0763. The van der Waals surface area contributed by atoms with Gasteiger partial charge in [-0.25, -0.2) is 0 Å². The van der Waals surface area contributed by atoms with Gasteiger partial charge in [0, 0.05) is 18.1 Å². The lowest BCUT2D eigenvalue weighted by atomic mass is 10.1. The summed E-state index contributed by atoms with van der Waals surface area (Å²) in [6, 6.07) is 11.6. The maximum Gasteiger partial charge on any atom is 0.261 e. The molecule has 1 N–H and O–H groups in total. The number of carbonyl (C=O) groups is 1. The maximum absolute atomic E-state index is 12.4. The summed E-state index contributed by atoms with van der Waals surface area (Å²) in [5.74, 6) is 2.32. The Hall–Kier alpha value is -1.36. The van der Waals surface area contributed by atoms with Crippen LogP contribution in [0.5, 0.6) is 5.75 Å². The number of hydrogen-bond acceptors (Lipinski definition) is 3. The molecule has 0 spiro atoms. The van der Waals surface area contributed by atoms with Gasteiger partial charge in [-0.1, -0.05) is 53.9 Å². The van der Waals surface area contributed by atoms with Gasteiger partial charge in [-0.2, -0.15) is 11.8 Å². The molecule has 0 radical (unpaired) electrons. The quantitative estimate of drug-likeness (QED) is 0.514. The van der Waals surface area contributed by atoms with Crippen LogP contribution in [0.4, 0.5) is 0 Å². The Kier molecular flexibility index (Phi) is 8.81. The van der Waals surface area contributed by atoms with Crippen LogP contribution >= 0.6 is 35.0 Å². The van der Waals surface area contributed by atoms with Gasteiger partial charge in [0.05, 0.1) is 10.0 Å². The summed E-state index contributed by atoms with van der Waals surface area (Å²) in [6.07, 6.45) is 0.140. The zero-order valence-electron chi connectivity index (χ0n) is 15.9. The predicted octanol–water partition coefficient (Wildman–Crippen LogP) is 5.82. The highest BCUT2D eigenvalue weighted by molar-refractivity contribution is 7.98. The minimum atomic E-state index is -0.480. The van der Waals surface area contributed by atoms with Crippen molar-refractivity contribution in [1.82, 2.24) is 5.32 Å². The van der Waals surface area contributed by atoms with Gasteiger partial charge in [0.15, 0.2) is 6.10 Å². The van der Waals surface area contributed by atoms with Gasteiger partial charge in [-0.15, -0.1) is 0 Å². The molecule has 0 aromatic heterocycles. The highest BCUT2D eigenvalue weighted by Gasteiger charge is 2.18. The van der Waals surface area contributed by atoms with Crippen LogP contribution in [-0.2, 0) is 10.5 Å². The number of nitrogens with one attached hydrogen (secondary N) is 1. The van der Waals surface area contributed by atoms with E-state index in [0.29, 0.717) is 23.0 Å². The molecule has 1 amide bonds. The molecule has 0 saturated carbocycles. The molecule has 1 atom stereocenters. The number of amides is 1. The SMILES string of the molecule is CCC(Oc1ccc(C)cc1C)C(=O)NCCSCc1ccc(Cl)c(Cl)c1. The third-order valence-electron chi connectivity index (χ3n) is 4.06. The van der Waals surface area contributed by atoms with Crippen LogP contribution in [0, 0.1) is 13.8 Å². The summed E-state index contributed by atoms with van der Waals surface area (Å²) < 4.78 is 5.92. The molecule has 1 unspecified atom stereocenters. The van der Waals surface area contributed by atoms with Crippen molar-refractivity contribution in [2.75, 3.05) is 12.3 Å². The van der Waals surface area contributed by atoms with Crippen LogP contribution in [0.25, 0.3) is 0 Å². The zero-order chi connectivity index (χ0) is 19.8. The van der Waals surface area contributed by atoms with Gasteiger partial charge in [0.25, 0.3) is 5.91 Å². The van der Waals surface area contributed by atoms with E-state index in [1.807, 2.05) is 45.0 Å². The van der Waals surface area contributed by atoms with Crippen molar-refractivity contribution < 1.29 is 9.53 Å². The average molecular weight is 426 g/mol. The summed E-state index contributed by atoms with van der Waals surface area (Å²) in [6.45, 7) is 6.58. The monoisotopic (exact) mass is 425 g/mol. The number of ether oxygens (including phenoxy) is 1. The van der Waals surface area contributed by atoms with E-state index in [9.17, 15) is 4.79 Å². The molecular weight excluding hydrogens is 401 g/mol. The largest absolute Gasteiger partial charge is 0.480 e. The number of benzene rings is 2. The average Bonchev–Trinajstić information content (AvgIpc) is 2.63. The number of halogens is 2. The van der Waals surface area contributed by atoms with Gasteiger partial charge < -0.3 is 10.1 Å². The molecule has 27 heavy (non-hydrogen) atoms. The molecular formula is C21H25Cl2NO2S. The normalized spacial score (nSPS) is 11.9. The fraction of sp³-hybridized carbons (Fsp3) is 0.381. The highest BCUT2D eigenvalue weighted by Crippen LogP contribution is 2.24. The van der Waals surface area contributed by atoms with Gasteiger partial charge in [-0.05, 0) is 49.6 Å². The molecule has 0 saturated heterocycles. The molecule has 3 nitrogen and oxygen atoms in total. The second-order valence-electron chi connectivity index (χ2n) is 6.38. The first kappa shape index (κ1) is 21.9.